The summed E-state index contributed by atoms with van der Waals surface area (Å²) in [6, 6.07) is 12.6. The first kappa shape index (κ1) is 36.7. The second kappa shape index (κ2) is 14.2. The van der Waals surface area contributed by atoms with Gasteiger partial charge < -0.3 is 15.0 Å². The smallest absolute Gasteiger partial charge is 0.410 e. The second-order valence-electron chi connectivity index (χ2n) is 15.0. The van der Waals surface area contributed by atoms with Crippen LogP contribution in [0.25, 0.3) is 0 Å². The van der Waals surface area contributed by atoms with Crippen molar-refractivity contribution >= 4 is 27.8 Å². The highest BCUT2D eigenvalue weighted by molar-refractivity contribution is 7.90. The van der Waals surface area contributed by atoms with E-state index in [1.807, 2.05) is 78.3 Å². The Morgan fingerprint density at radius 1 is 1.04 bits per heavy atom. The fourth-order valence-corrected chi connectivity index (χ4v) is 6.69. The number of anilines is 1. The Labute approximate surface area is 283 Å². The van der Waals surface area contributed by atoms with E-state index in [9.17, 15) is 22.4 Å². The minimum atomic E-state index is -4.45. The largest absolute Gasteiger partial charge is 0.444 e. The number of likely N-dealkylation sites (tertiary alicyclic amines) is 1. The summed E-state index contributed by atoms with van der Waals surface area (Å²) in [6.45, 7) is 15.8. The fraction of sp³-hybridized carbons (Fsp3) is 0.514. The van der Waals surface area contributed by atoms with Gasteiger partial charge in [0.25, 0.3) is 15.9 Å². The lowest BCUT2D eigenvalue weighted by Crippen LogP contribution is -2.45. The Balaban J connectivity index is 1.48. The molecule has 4 rings (SSSR count). The average molecular weight is 683 g/mol. The summed E-state index contributed by atoms with van der Waals surface area (Å²) < 4.78 is 48.7. The van der Waals surface area contributed by atoms with E-state index >= 15 is 0 Å². The molecule has 1 aliphatic heterocycles. The van der Waals surface area contributed by atoms with Gasteiger partial charge in [-0.3, -0.25) is 9.78 Å². The number of halogens is 1. The van der Waals surface area contributed by atoms with Crippen molar-refractivity contribution in [3.05, 3.63) is 77.6 Å². The lowest BCUT2D eigenvalue weighted by molar-refractivity contribution is 0.0130. The Morgan fingerprint density at radius 3 is 2.40 bits per heavy atom. The molecule has 1 aliphatic rings. The van der Waals surface area contributed by atoms with Gasteiger partial charge in [0.2, 0.25) is 5.95 Å². The molecule has 1 unspecified atom stereocenters. The Morgan fingerprint density at radius 2 is 1.77 bits per heavy atom. The van der Waals surface area contributed by atoms with Crippen LogP contribution in [-0.2, 0) is 26.6 Å². The standard InChI is InChI=1S/C35H47FN6O5S/c1-33(2,3)27-18-17-26(30(36)39-27)31(43)41-48(45,46)29-14-11-13-28(40-29)38-25(20-24-12-9-10-19-37-24)16-15-23-21-35(7,8)42(22-23)32(44)47-34(4,5)6/h9-14,17-19,23,25H,15-16,20-22H2,1-8H3,(H,38,40)(H,41,43)/t23-,25?/m0/s1. The Hall–Kier alpha value is -4.13. The van der Waals surface area contributed by atoms with Gasteiger partial charge in [0.1, 0.15) is 11.4 Å². The van der Waals surface area contributed by atoms with E-state index in [0.29, 0.717) is 25.1 Å². The van der Waals surface area contributed by atoms with Crippen LogP contribution in [0.4, 0.5) is 15.0 Å². The van der Waals surface area contributed by atoms with Gasteiger partial charge in [-0.05, 0) is 96.2 Å². The quantitative estimate of drug-likeness (QED) is 0.237. The summed E-state index contributed by atoms with van der Waals surface area (Å²) >= 11 is 0. The zero-order chi connectivity index (χ0) is 35.5. The first-order valence-electron chi connectivity index (χ1n) is 16.1. The van der Waals surface area contributed by atoms with Crippen LogP contribution < -0.4 is 10.0 Å². The summed E-state index contributed by atoms with van der Waals surface area (Å²) in [5.41, 5.74) is -0.623. The maximum atomic E-state index is 14.7. The zero-order valence-electron chi connectivity index (χ0n) is 29.0. The van der Waals surface area contributed by atoms with E-state index < -0.39 is 43.5 Å². The van der Waals surface area contributed by atoms with Gasteiger partial charge in [-0.1, -0.05) is 32.9 Å². The van der Waals surface area contributed by atoms with Crippen molar-refractivity contribution in [1.82, 2.24) is 24.6 Å². The molecule has 0 bridgehead atoms. The fourth-order valence-electron chi connectivity index (χ4n) is 5.76. The van der Waals surface area contributed by atoms with Crippen LogP contribution in [-0.4, -0.2) is 64.0 Å². The van der Waals surface area contributed by atoms with Gasteiger partial charge in [-0.2, -0.15) is 12.8 Å². The van der Waals surface area contributed by atoms with E-state index in [2.05, 4.69) is 20.3 Å². The van der Waals surface area contributed by atoms with Crippen LogP contribution in [0.1, 0.15) is 96.4 Å². The highest BCUT2D eigenvalue weighted by atomic mass is 32.2. The van der Waals surface area contributed by atoms with Crippen molar-refractivity contribution in [2.75, 3.05) is 11.9 Å². The molecular weight excluding hydrogens is 635 g/mol. The predicted octanol–water partition coefficient (Wildman–Crippen LogP) is 6.27. The van der Waals surface area contributed by atoms with Crippen molar-refractivity contribution in [3.63, 3.8) is 0 Å². The summed E-state index contributed by atoms with van der Waals surface area (Å²) in [5.74, 6) is -1.69. The Kier molecular flexibility index (Phi) is 10.8. The summed E-state index contributed by atoms with van der Waals surface area (Å²) in [6.07, 6.45) is 4.21. The molecule has 2 atom stereocenters. The number of amides is 2. The molecule has 0 spiro atoms. The molecule has 1 fully saturated rings. The number of nitrogens with zero attached hydrogens (tertiary/aromatic N) is 4. The molecule has 3 aromatic heterocycles. The maximum Gasteiger partial charge on any atom is 0.410 e. The van der Waals surface area contributed by atoms with Crippen LogP contribution in [0.3, 0.4) is 0 Å². The highest BCUT2D eigenvalue weighted by Crippen LogP contribution is 2.36. The van der Waals surface area contributed by atoms with Gasteiger partial charge in [0, 0.05) is 47.5 Å². The van der Waals surface area contributed by atoms with Crippen LogP contribution >= 0.6 is 0 Å². The molecule has 3 aromatic rings. The minimum absolute atomic E-state index is 0.180. The van der Waals surface area contributed by atoms with E-state index in [0.717, 1.165) is 18.5 Å². The topological polar surface area (TPSA) is 143 Å². The second-order valence-corrected chi connectivity index (χ2v) is 16.6. The minimum Gasteiger partial charge on any atom is -0.444 e. The third kappa shape index (κ3) is 9.71. The van der Waals surface area contributed by atoms with Crippen LogP contribution in [0.15, 0.2) is 59.8 Å². The van der Waals surface area contributed by atoms with Crippen LogP contribution in [0.5, 0.6) is 0 Å². The summed E-state index contributed by atoms with van der Waals surface area (Å²) in [4.78, 5) is 40.2. The SMILES string of the molecule is CC(C)(C)OC(=O)N1C[C@@H](CCC(Cc2ccccn2)Nc2cccc(S(=O)(=O)NC(=O)c3ccc(C(C)(C)C)nc3F)n2)CC1(C)C. The van der Waals surface area contributed by atoms with Gasteiger partial charge in [0.15, 0.2) is 5.03 Å². The molecule has 13 heteroatoms. The number of hydrogen-bond acceptors (Lipinski definition) is 9. The predicted molar refractivity (Wildman–Crippen MR) is 181 cm³/mol. The van der Waals surface area contributed by atoms with E-state index in [-0.39, 0.29) is 29.4 Å². The number of carbonyl (C=O) groups excluding carboxylic acids is 2. The van der Waals surface area contributed by atoms with Gasteiger partial charge in [-0.15, -0.1) is 0 Å². The monoisotopic (exact) mass is 682 g/mol. The zero-order valence-corrected chi connectivity index (χ0v) is 29.8. The first-order valence-corrected chi connectivity index (χ1v) is 17.6. The normalized spacial score (nSPS) is 17.1. The number of rotatable bonds is 10. The van der Waals surface area contributed by atoms with E-state index in [1.165, 1.54) is 24.3 Å². The number of hydrogen-bond donors (Lipinski definition) is 2. The van der Waals surface area contributed by atoms with Gasteiger partial charge >= 0.3 is 6.09 Å². The molecule has 0 saturated carbocycles. The summed E-state index contributed by atoms with van der Waals surface area (Å²) in [7, 11) is -4.45. The van der Waals surface area contributed by atoms with Crippen molar-refractivity contribution in [2.24, 2.45) is 5.92 Å². The van der Waals surface area contributed by atoms with Crippen molar-refractivity contribution in [1.29, 1.82) is 0 Å². The molecule has 0 aliphatic carbocycles. The van der Waals surface area contributed by atoms with Crippen molar-refractivity contribution in [3.8, 4) is 0 Å². The molecule has 48 heavy (non-hydrogen) atoms. The lowest BCUT2D eigenvalue weighted by atomic mass is 9.91. The number of pyridine rings is 3. The lowest BCUT2D eigenvalue weighted by Gasteiger charge is -2.33. The average Bonchev–Trinajstić information content (AvgIpc) is 3.29. The molecule has 260 valence electrons. The Bertz CT molecular complexity index is 1720. The van der Waals surface area contributed by atoms with E-state index in [1.54, 1.807) is 17.2 Å². The van der Waals surface area contributed by atoms with Gasteiger partial charge in [-0.25, -0.2) is 19.5 Å². The molecule has 1 saturated heterocycles. The molecule has 4 heterocycles. The van der Waals surface area contributed by atoms with Crippen LogP contribution in [0.2, 0.25) is 0 Å². The molecule has 2 amide bonds. The number of nitrogens with one attached hydrogen (secondary N) is 2. The molecule has 0 aromatic carbocycles. The van der Waals surface area contributed by atoms with Crippen LogP contribution in [0, 0.1) is 11.9 Å². The molecular formula is C35H47FN6O5S. The third-order valence-electron chi connectivity index (χ3n) is 8.12. The summed E-state index contributed by atoms with van der Waals surface area (Å²) in [5, 5.41) is 2.96. The number of aromatic nitrogens is 3. The first-order chi connectivity index (χ1) is 22.2. The maximum absolute atomic E-state index is 14.7. The third-order valence-corrected chi connectivity index (χ3v) is 9.35. The molecule has 11 nitrogen and oxygen atoms in total. The van der Waals surface area contributed by atoms with E-state index in [4.69, 9.17) is 4.74 Å². The van der Waals surface area contributed by atoms with Crippen molar-refractivity contribution < 1.29 is 27.1 Å². The highest BCUT2D eigenvalue weighted by Gasteiger charge is 2.42. The molecule has 2 N–H and O–H groups in total. The molecule has 0 radical (unpaired) electrons. The number of ether oxygens (including phenoxy) is 1. The van der Waals surface area contributed by atoms with Crippen molar-refractivity contribution in [2.45, 2.75) is 109 Å². The van der Waals surface area contributed by atoms with Gasteiger partial charge in [0.05, 0.1) is 5.56 Å². The number of sulfonamides is 1. The number of carbonyl (C=O) groups is 2.